The third-order valence-corrected chi connectivity index (χ3v) is 5.24. The van der Waals surface area contributed by atoms with Crippen molar-refractivity contribution in [1.29, 1.82) is 0 Å². The van der Waals surface area contributed by atoms with Crippen molar-refractivity contribution in [2.45, 2.75) is 18.1 Å². The van der Waals surface area contributed by atoms with E-state index in [1.54, 1.807) is 24.3 Å². The van der Waals surface area contributed by atoms with E-state index in [-0.39, 0.29) is 18.2 Å². The summed E-state index contributed by atoms with van der Waals surface area (Å²) in [5.41, 5.74) is 1.74. The van der Waals surface area contributed by atoms with Gasteiger partial charge in [-0.1, -0.05) is 65.8 Å². The first kappa shape index (κ1) is 18.5. The summed E-state index contributed by atoms with van der Waals surface area (Å²) in [6.45, 7) is 0.588. The molecule has 0 bridgehead atoms. The summed E-state index contributed by atoms with van der Waals surface area (Å²) in [5.74, 6) is -0.445. The second kappa shape index (κ2) is 8.87. The van der Waals surface area contributed by atoms with Gasteiger partial charge in [-0.25, -0.2) is 0 Å². The molecule has 0 aromatic heterocycles. The lowest BCUT2D eigenvalue weighted by molar-refractivity contribution is -0.122. The number of nitrogens with zero attached hydrogens (tertiary/aromatic N) is 1. The van der Waals surface area contributed by atoms with Crippen molar-refractivity contribution in [2.24, 2.45) is 4.99 Å². The Hall–Kier alpha value is -2.31. The Morgan fingerprint density at radius 2 is 1.88 bits per heavy atom. The van der Waals surface area contributed by atoms with E-state index in [9.17, 15) is 9.59 Å². The zero-order chi connectivity index (χ0) is 18.4. The molecule has 26 heavy (non-hydrogen) atoms. The van der Waals surface area contributed by atoms with Gasteiger partial charge >= 0.3 is 0 Å². The third-order valence-electron chi connectivity index (χ3n) is 3.79. The Kier molecular flexibility index (Phi) is 6.30. The molecule has 1 aliphatic heterocycles. The molecule has 1 saturated heterocycles. The summed E-state index contributed by atoms with van der Waals surface area (Å²) in [5, 5.41) is 6.03. The van der Waals surface area contributed by atoms with Crippen molar-refractivity contribution in [3.8, 4) is 0 Å². The van der Waals surface area contributed by atoms with Crippen molar-refractivity contribution >= 4 is 46.0 Å². The predicted octanol–water partition coefficient (Wildman–Crippen LogP) is 3.50. The minimum absolute atomic E-state index is 0.0689. The summed E-state index contributed by atoms with van der Waals surface area (Å²) < 4.78 is 0. The van der Waals surface area contributed by atoms with E-state index >= 15 is 0 Å². The van der Waals surface area contributed by atoms with Crippen LogP contribution in [-0.2, 0) is 16.0 Å². The van der Waals surface area contributed by atoms with Gasteiger partial charge in [0.2, 0.25) is 11.8 Å². The van der Waals surface area contributed by atoms with Crippen LogP contribution >= 0.6 is 23.4 Å². The van der Waals surface area contributed by atoms with Crippen molar-refractivity contribution in [3.05, 3.63) is 65.2 Å². The molecule has 0 radical (unpaired) electrons. The van der Waals surface area contributed by atoms with E-state index in [1.807, 2.05) is 30.3 Å². The second-order valence-corrected chi connectivity index (χ2v) is 7.35. The number of para-hydroxylation sites is 1. The number of thioether (sulfide) groups is 1. The molecule has 3 rings (SSSR count). The lowest BCUT2D eigenvalue weighted by Gasteiger charge is -2.08. The van der Waals surface area contributed by atoms with Gasteiger partial charge in [0, 0.05) is 13.0 Å². The summed E-state index contributed by atoms with van der Waals surface area (Å²) in [6.07, 6.45) is 0.873. The monoisotopic (exact) mass is 387 g/mol. The highest BCUT2D eigenvalue weighted by atomic mass is 35.5. The van der Waals surface area contributed by atoms with E-state index in [0.29, 0.717) is 22.4 Å². The van der Waals surface area contributed by atoms with Crippen LogP contribution in [0.15, 0.2) is 59.6 Å². The number of carbonyl (C=O) groups is 2. The van der Waals surface area contributed by atoms with Crippen LogP contribution in [0.3, 0.4) is 0 Å². The van der Waals surface area contributed by atoms with Gasteiger partial charge in [-0.15, -0.1) is 0 Å². The maximum atomic E-state index is 12.2. The predicted molar refractivity (Wildman–Crippen MR) is 107 cm³/mol. The van der Waals surface area contributed by atoms with E-state index in [0.717, 1.165) is 6.42 Å². The number of nitrogens with one attached hydrogen (secondary N) is 2. The van der Waals surface area contributed by atoms with Crippen molar-refractivity contribution in [3.63, 3.8) is 0 Å². The summed E-state index contributed by atoms with van der Waals surface area (Å²) in [7, 11) is 0. The Morgan fingerprint density at radius 3 is 2.65 bits per heavy atom. The number of benzene rings is 2. The standard InChI is InChI=1S/C19H18ClN3O2S/c20-14-8-4-5-9-15(14)22-17(24)12-16-18(25)23-19(26-16)21-11-10-13-6-2-1-3-7-13/h1-9,16H,10-12H2,(H,22,24)(H,21,23,25)/t16-/m0/s1. The number of hydrogen-bond acceptors (Lipinski definition) is 4. The fourth-order valence-electron chi connectivity index (χ4n) is 2.48. The van der Waals surface area contributed by atoms with Gasteiger partial charge in [0.15, 0.2) is 5.17 Å². The molecule has 5 nitrogen and oxygen atoms in total. The van der Waals surface area contributed by atoms with Gasteiger partial charge in [0.05, 0.1) is 10.7 Å². The van der Waals surface area contributed by atoms with Crippen molar-refractivity contribution in [2.75, 3.05) is 11.9 Å². The summed E-state index contributed by atoms with van der Waals surface area (Å²) >= 11 is 7.32. The van der Waals surface area contributed by atoms with Gasteiger partial charge in [-0.3, -0.25) is 14.6 Å². The Labute approximate surface area is 161 Å². The quantitative estimate of drug-likeness (QED) is 0.796. The number of amides is 2. The number of hydrogen-bond donors (Lipinski definition) is 2. The van der Waals surface area contributed by atoms with Crippen LogP contribution in [0.25, 0.3) is 0 Å². The van der Waals surface area contributed by atoms with Crippen molar-refractivity contribution < 1.29 is 9.59 Å². The topological polar surface area (TPSA) is 70.6 Å². The second-order valence-electron chi connectivity index (χ2n) is 5.75. The normalized spacial score (nSPS) is 18.0. The molecule has 1 heterocycles. The minimum Gasteiger partial charge on any atom is -0.325 e. The Bertz CT molecular complexity index is 827. The average molecular weight is 388 g/mol. The highest BCUT2D eigenvalue weighted by molar-refractivity contribution is 8.15. The SMILES string of the molecule is O=C(C[C@@H]1SC(=NCCc2ccccc2)NC1=O)Nc1ccccc1Cl. The molecular weight excluding hydrogens is 370 g/mol. The summed E-state index contributed by atoms with van der Waals surface area (Å²) in [4.78, 5) is 28.6. The van der Waals surface area contributed by atoms with Crippen molar-refractivity contribution in [1.82, 2.24) is 5.32 Å². The summed E-state index contributed by atoms with van der Waals surface area (Å²) in [6, 6.07) is 17.0. The lowest BCUT2D eigenvalue weighted by Crippen LogP contribution is -2.28. The highest BCUT2D eigenvalue weighted by Gasteiger charge is 2.32. The fraction of sp³-hybridized carbons (Fsp3) is 0.211. The number of amidine groups is 1. The Balaban J connectivity index is 1.50. The highest BCUT2D eigenvalue weighted by Crippen LogP contribution is 2.25. The molecule has 2 aromatic carbocycles. The number of carbonyl (C=O) groups excluding carboxylic acids is 2. The van der Waals surface area contributed by atoms with Gasteiger partial charge in [0.25, 0.3) is 0 Å². The van der Waals surface area contributed by atoms with Gasteiger partial charge in [-0.2, -0.15) is 0 Å². The smallest absolute Gasteiger partial charge is 0.240 e. The lowest BCUT2D eigenvalue weighted by atomic mass is 10.2. The maximum Gasteiger partial charge on any atom is 0.240 e. The molecule has 2 aromatic rings. The van der Waals surface area contributed by atoms with Crippen LogP contribution in [-0.4, -0.2) is 28.8 Å². The first-order chi connectivity index (χ1) is 12.6. The molecular formula is C19H18ClN3O2S. The molecule has 134 valence electrons. The average Bonchev–Trinajstić information content (AvgIpc) is 2.97. The zero-order valence-corrected chi connectivity index (χ0v) is 15.5. The van der Waals surface area contributed by atoms with E-state index < -0.39 is 5.25 Å². The Morgan fingerprint density at radius 1 is 1.15 bits per heavy atom. The number of aliphatic imine (C=N–C) groups is 1. The number of rotatable bonds is 6. The molecule has 0 spiro atoms. The minimum atomic E-state index is -0.479. The van der Waals surface area contributed by atoms with Crippen LogP contribution in [0.2, 0.25) is 5.02 Å². The third kappa shape index (κ3) is 5.09. The molecule has 1 atom stereocenters. The maximum absolute atomic E-state index is 12.2. The molecule has 0 aliphatic carbocycles. The van der Waals surface area contributed by atoms with E-state index in [1.165, 1.54) is 17.3 Å². The zero-order valence-electron chi connectivity index (χ0n) is 13.9. The molecule has 2 N–H and O–H groups in total. The largest absolute Gasteiger partial charge is 0.325 e. The van der Waals surface area contributed by atoms with Crippen LogP contribution in [0.1, 0.15) is 12.0 Å². The van der Waals surface area contributed by atoms with Crippen LogP contribution < -0.4 is 10.6 Å². The van der Waals surface area contributed by atoms with Crippen LogP contribution in [0.4, 0.5) is 5.69 Å². The van der Waals surface area contributed by atoms with E-state index in [4.69, 9.17) is 11.6 Å². The number of anilines is 1. The van der Waals surface area contributed by atoms with Gasteiger partial charge in [-0.05, 0) is 24.1 Å². The van der Waals surface area contributed by atoms with Crippen LogP contribution in [0, 0.1) is 0 Å². The fourth-order valence-corrected chi connectivity index (χ4v) is 3.66. The molecule has 1 fully saturated rings. The number of halogens is 1. The molecule has 2 amide bonds. The molecule has 0 saturated carbocycles. The first-order valence-corrected chi connectivity index (χ1v) is 9.48. The van der Waals surface area contributed by atoms with Gasteiger partial charge in [0.1, 0.15) is 5.25 Å². The van der Waals surface area contributed by atoms with E-state index in [2.05, 4.69) is 15.6 Å². The van der Waals surface area contributed by atoms with Crippen LogP contribution in [0.5, 0.6) is 0 Å². The molecule has 7 heteroatoms. The molecule has 1 aliphatic rings. The first-order valence-electron chi connectivity index (χ1n) is 8.22. The van der Waals surface area contributed by atoms with Gasteiger partial charge < -0.3 is 10.6 Å². The molecule has 0 unspecified atom stereocenters.